The van der Waals surface area contributed by atoms with E-state index in [1.165, 1.54) is 0 Å². The van der Waals surface area contributed by atoms with Gasteiger partial charge >= 0.3 is 5.97 Å². The molecule has 1 rings (SSSR count). The van der Waals surface area contributed by atoms with Gasteiger partial charge in [-0.05, 0) is 6.42 Å². The highest BCUT2D eigenvalue weighted by Gasteiger charge is 2.10. The number of thiazole rings is 1. The zero-order valence-corrected chi connectivity index (χ0v) is 9.36. The molecule has 1 aromatic heterocycles. The normalized spacial score (nSPS) is 12.6. The van der Waals surface area contributed by atoms with Crippen LogP contribution in [-0.2, 0) is 16.6 Å². The highest BCUT2D eigenvalue weighted by Crippen LogP contribution is 2.11. The van der Waals surface area contributed by atoms with Gasteiger partial charge in [0.1, 0.15) is 0 Å². The molecule has 1 N–H and O–H groups in total. The first kappa shape index (κ1) is 11.3. The molecule has 0 fully saturated rings. The first-order valence-corrected chi connectivity index (χ1v) is 6.53. The SMILES string of the molecule is CCCS(=O)Cc1csc(C(=O)O)n1. The molecule has 6 heteroatoms. The first-order chi connectivity index (χ1) is 6.63. The Hall–Kier alpha value is -0.750. The van der Waals surface area contributed by atoms with Crippen LogP contribution < -0.4 is 0 Å². The Morgan fingerprint density at radius 3 is 2.93 bits per heavy atom. The van der Waals surface area contributed by atoms with Crippen LogP contribution in [0.25, 0.3) is 0 Å². The Balaban J connectivity index is 2.59. The maximum atomic E-state index is 11.3. The van der Waals surface area contributed by atoms with Crippen molar-refractivity contribution in [1.29, 1.82) is 0 Å². The number of hydrogen-bond acceptors (Lipinski definition) is 4. The number of carboxylic acid groups (broad SMARTS) is 1. The number of rotatable bonds is 5. The third-order valence-corrected chi connectivity index (χ3v) is 3.84. The summed E-state index contributed by atoms with van der Waals surface area (Å²) >= 11 is 1.07. The lowest BCUT2D eigenvalue weighted by atomic mass is 10.6. The summed E-state index contributed by atoms with van der Waals surface area (Å²) in [4.78, 5) is 14.4. The molecule has 0 aliphatic carbocycles. The number of aromatic nitrogens is 1. The molecule has 1 atom stereocenters. The topological polar surface area (TPSA) is 67.3 Å². The second kappa shape index (κ2) is 5.21. The Bertz CT molecular complexity index is 348. The fourth-order valence-corrected chi connectivity index (χ4v) is 2.77. The number of carboxylic acids is 1. The largest absolute Gasteiger partial charge is 0.476 e. The van der Waals surface area contributed by atoms with Crippen molar-refractivity contribution in [3.05, 3.63) is 16.1 Å². The van der Waals surface area contributed by atoms with Crippen molar-refractivity contribution in [3.8, 4) is 0 Å². The van der Waals surface area contributed by atoms with Gasteiger partial charge in [-0.1, -0.05) is 6.92 Å². The van der Waals surface area contributed by atoms with E-state index in [9.17, 15) is 9.00 Å². The fourth-order valence-electron chi connectivity index (χ4n) is 0.936. The van der Waals surface area contributed by atoms with Gasteiger partial charge in [0.15, 0.2) is 0 Å². The molecule has 14 heavy (non-hydrogen) atoms. The molecule has 4 nitrogen and oxygen atoms in total. The van der Waals surface area contributed by atoms with E-state index >= 15 is 0 Å². The van der Waals surface area contributed by atoms with Gasteiger partial charge in [0.2, 0.25) is 5.01 Å². The van der Waals surface area contributed by atoms with Crippen LogP contribution in [-0.4, -0.2) is 26.0 Å². The number of nitrogens with zero attached hydrogens (tertiary/aromatic N) is 1. The number of hydrogen-bond donors (Lipinski definition) is 1. The summed E-state index contributed by atoms with van der Waals surface area (Å²) in [6, 6.07) is 0. The lowest BCUT2D eigenvalue weighted by molar-refractivity contribution is 0.0696. The lowest BCUT2D eigenvalue weighted by Gasteiger charge is -1.95. The summed E-state index contributed by atoms with van der Waals surface area (Å²) in [5, 5.41) is 10.3. The highest BCUT2D eigenvalue weighted by molar-refractivity contribution is 7.84. The van der Waals surface area contributed by atoms with Gasteiger partial charge in [0, 0.05) is 21.9 Å². The van der Waals surface area contributed by atoms with E-state index in [2.05, 4.69) is 4.98 Å². The average Bonchev–Trinajstić information content (AvgIpc) is 2.53. The summed E-state index contributed by atoms with van der Waals surface area (Å²) in [7, 11) is -0.920. The van der Waals surface area contributed by atoms with Gasteiger partial charge in [-0.3, -0.25) is 4.21 Å². The van der Waals surface area contributed by atoms with Crippen molar-refractivity contribution < 1.29 is 14.1 Å². The van der Waals surface area contributed by atoms with E-state index in [0.717, 1.165) is 17.8 Å². The van der Waals surface area contributed by atoms with Crippen molar-refractivity contribution in [1.82, 2.24) is 4.98 Å². The molecule has 78 valence electrons. The van der Waals surface area contributed by atoms with Gasteiger partial charge in [-0.2, -0.15) is 0 Å². The second-order valence-corrected chi connectivity index (χ2v) is 5.17. The molecule has 1 unspecified atom stereocenters. The molecule has 0 saturated carbocycles. The van der Waals surface area contributed by atoms with Crippen molar-refractivity contribution in [2.45, 2.75) is 19.1 Å². The molecule has 0 spiro atoms. The Morgan fingerprint density at radius 1 is 1.71 bits per heavy atom. The van der Waals surface area contributed by atoms with Crippen molar-refractivity contribution in [2.24, 2.45) is 0 Å². The number of carbonyl (C=O) groups is 1. The third-order valence-electron chi connectivity index (χ3n) is 1.48. The first-order valence-electron chi connectivity index (χ1n) is 4.16. The standard InChI is InChI=1S/C8H11NO3S2/c1-2-3-14(12)5-6-4-13-7(9-6)8(10)11/h4H,2-3,5H2,1H3,(H,10,11). The van der Waals surface area contributed by atoms with Crippen molar-refractivity contribution in [3.63, 3.8) is 0 Å². The van der Waals surface area contributed by atoms with Gasteiger partial charge in [-0.25, -0.2) is 9.78 Å². The Kier molecular flexibility index (Phi) is 4.21. The molecule has 0 aromatic carbocycles. The summed E-state index contributed by atoms with van der Waals surface area (Å²) < 4.78 is 11.3. The predicted molar refractivity (Wildman–Crippen MR) is 56.1 cm³/mol. The predicted octanol–water partition coefficient (Wildman–Crippen LogP) is 1.50. The van der Waals surface area contributed by atoms with E-state index in [4.69, 9.17) is 5.11 Å². The van der Waals surface area contributed by atoms with Crippen LogP contribution in [0.2, 0.25) is 0 Å². The lowest BCUT2D eigenvalue weighted by Crippen LogP contribution is -2.01. The molecule has 0 amide bonds. The smallest absolute Gasteiger partial charge is 0.365 e. The molecular formula is C8H11NO3S2. The maximum absolute atomic E-state index is 11.3. The van der Waals surface area contributed by atoms with E-state index in [1.807, 2.05) is 6.92 Å². The minimum absolute atomic E-state index is 0.0634. The fraction of sp³-hybridized carbons (Fsp3) is 0.500. The van der Waals surface area contributed by atoms with E-state index in [0.29, 0.717) is 17.2 Å². The van der Waals surface area contributed by atoms with Crippen LogP contribution in [0.1, 0.15) is 28.8 Å². The van der Waals surface area contributed by atoms with Crippen LogP contribution in [0.3, 0.4) is 0 Å². The van der Waals surface area contributed by atoms with Crippen molar-refractivity contribution >= 4 is 28.1 Å². The van der Waals surface area contributed by atoms with Gasteiger partial charge in [0.25, 0.3) is 0 Å². The van der Waals surface area contributed by atoms with Crippen LogP contribution in [0.15, 0.2) is 5.38 Å². The van der Waals surface area contributed by atoms with Gasteiger partial charge < -0.3 is 5.11 Å². The summed E-state index contributed by atoms with van der Waals surface area (Å²) in [5.41, 5.74) is 0.610. The average molecular weight is 233 g/mol. The maximum Gasteiger partial charge on any atom is 0.365 e. The van der Waals surface area contributed by atoms with Crippen LogP contribution in [0.4, 0.5) is 0 Å². The third kappa shape index (κ3) is 3.19. The zero-order chi connectivity index (χ0) is 10.6. The molecule has 1 heterocycles. The summed E-state index contributed by atoms with van der Waals surface area (Å²) in [6.07, 6.45) is 0.864. The molecule has 0 saturated heterocycles. The second-order valence-electron chi connectivity index (χ2n) is 2.74. The van der Waals surface area contributed by atoms with Crippen LogP contribution in [0.5, 0.6) is 0 Å². The van der Waals surface area contributed by atoms with E-state index < -0.39 is 16.8 Å². The van der Waals surface area contributed by atoms with Gasteiger partial charge in [-0.15, -0.1) is 11.3 Å². The molecular weight excluding hydrogens is 222 g/mol. The zero-order valence-electron chi connectivity index (χ0n) is 7.73. The minimum Gasteiger partial charge on any atom is -0.476 e. The van der Waals surface area contributed by atoms with E-state index in [1.54, 1.807) is 5.38 Å². The molecule has 0 aliphatic rings. The van der Waals surface area contributed by atoms with Crippen LogP contribution in [0, 0.1) is 0 Å². The van der Waals surface area contributed by atoms with Crippen LogP contribution >= 0.6 is 11.3 Å². The van der Waals surface area contributed by atoms with E-state index in [-0.39, 0.29) is 5.01 Å². The van der Waals surface area contributed by atoms with Gasteiger partial charge in [0.05, 0.1) is 11.4 Å². The monoisotopic (exact) mass is 233 g/mol. The highest BCUT2D eigenvalue weighted by atomic mass is 32.2. The van der Waals surface area contributed by atoms with Crippen molar-refractivity contribution in [2.75, 3.05) is 5.75 Å². The molecule has 1 aromatic rings. The minimum atomic E-state index is -1.03. The summed E-state index contributed by atoms with van der Waals surface area (Å²) in [6.45, 7) is 1.96. The summed E-state index contributed by atoms with van der Waals surface area (Å²) in [5.74, 6) is -0.0279. The molecule has 0 bridgehead atoms. The Labute approximate surface area is 88.4 Å². The number of aromatic carboxylic acids is 1. The molecule has 0 radical (unpaired) electrons. The Morgan fingerprint density at radius 2 is 2.43 bits per heavy atom. The molecule has 0 aliphatic heterocycles. The quantitative estimate of drug-likeness (QED) is 0.837.